The number of hydrogen-bond acceptors (Lipinski definition) is 9. The number of nitrogens with one attached hydrogen (secondary N) is 1. The summed E-state index contributed by atoms with van der Waals surface area (Å²) in [5, 5.41) is 15.4. The van der Waals surface area contributed by atoms with Crippen LogP contribution in [0.5, 0.6) is 0 Å². The zero-order valence-electron chi connectivity index (χ0n) is 24.4. The first-order chi connectivity index (χ1) is 20.1. The van der Waals surface area contributed by atoms with E-state index in [0.717, 1.165) is 36.6 Å². The lowest BCUT2D eigenvalue weighted by Crippen LogP contribution is -2.33. The van der Waals surface area contributed by atoms with E-state index in [1.54, 1.807) is 32.7 Å². The van der Waals surface area contributed by atoms with E-state index in [1.165, 1.54) is 0 Å². The second kappa shape index (κ2) is 10.5. The minimum Gasteiger partial charge on any atom is -0.444 e. The van der Waals surface area contributed by atoms with Gasteiger partial charge in [-0.15, -0.1) is 10.2 Å². The predicted molar refractivity (Wildman–Crippen MR) is 155 cm³/mol. The van der Waals surface area contributed by atoms with Gasteiger partial charge in [0.1, 0.15) is 35.1 Å². The molecule has 1 N–H and O–H groups in total. The highest BCUT2D eigenvalue weighted by Crippen LogP contribution is 2.34. The molecular weight excluding hydrogens is 536 g/mol. The molecule has 0 saturated carbocycles. The molecule has 0 radical (unpaired) electrons. The summed E-state index contributed by atoms with van der Waals surface area (Å²) in [6.07, 6.45) is 4.89. The Labute approximate surface area is 243 Å². The molecule has 1 unspecified atom stereocenters. The van der Waals surface area contributed by atoms with Crippen LogP contribution in [-0.2, 0) is 24.9 Å². The molecule has 1 fully saturated rings. The fraction of sp³-hybridized carbons (Fsp3) is 0.414. The summed E-state index contributed by atoms with van der Waals surface area (Å²) < 4.78 is 8.95. The van der Waals surface area contributed by atoms with Crippen molar-refractivity contribution in [3.05, 3.63) is 59.7 Å². The van der Waals surface area contributed by atoms with Crippen molar-refractivity contribution in [2.75, 3.05) is 16.3 Å². The number of amides is 2. The maximum atomic E-state index is 13.9. The number of pyridine rings is 2. The van der Waals surface area contributed by atoms with E-state index in [9.17, 15) is 9.59 Å². The van der Waals surface area contributed by atoms with E-state index in [1.807, 2.05) is 52.1 Å². The lowest BCUT2D eigenvalue weighted by Gasteiger charge is -2.24. The highest BCUT2D eigenvalue weighted by atomic mass is 16.6. The second-order valence-electron chi connectivity index (χ2n) is 11.6. The average molecular weight is 571 g/mol. The Hall–Kier alpha value is -4.81. The molecule has 13 heteroatoms. The normalized spacial score (nSPS) is 16.7. The maximum absolute atomic E-state index is 13.9. The van der Waals surface area contributed by atoms with Crippen LogP contribution in [0.15, 0.2) is 42.9 Å². The topological polar surface area (TPSA) is 136 Å². The first-order valence-electron chi connectivity index (χ1n) is 14.0. The van der Waals surface area contributed by atoms with Gasteiger partial charge in [-0.2, -0.15) is 5.10 Å². The van der Waals surface area contributed by atoms with Gasteiger partial charge in [0.2, 0.25) is 0 Å². The lowest BCUT2D eigenvalue weighted by molar-refractivity contribution is 0.0522. The SMILES string of the molecule is CC1CCCN1c1cc2c(c(CNC(=O)OC(C)(C)C)n1)CN(c1cccc(-c3nncn3-c3ccnn3C)n1)C2=O. The number of carbonyl (C=O) groups excluding carboxylic acids is 2. The quantitative estimate of drug-likeness (QED) is 0.368. The zero-order chi connectivity index (χ0) is 29.6. The fourth-order valence-corrected chi connectivity index (χ4v) is 5.45. The number of rotatable bonds is 6. The van der Waals surface area contributed by atoms with Crippen molar-refractivity contribution in [2.45, 2.75) is 65.3 Å². The summed E-state index contributed by atoms with van der Waals surface area (Å²) in [7, 11) is 1.84. The first-order valence-corrected chi connectivity index (χ1v) is 14.0. The number of carbonyl (C=O) groups is 2. The Bertz CT molecular complexity index is 1650. The van der Waals surface area contributed by atoms with Crippen molar-refractivity contribution in [1.82, 2.24) is 39.8 Å². The van der Waals surface area contributed by atoms with Gasteiger partial charge in [0, 0.05) is 31.3 Å². The van der Waals surface area contributed by atoms with Crippen LogP contribution in [0, 0.1) is 0 Å². The van der Waals surface area contributed by atoms with Crippen molar-refractivity contribution in [1.29, 1.82) is 0 Å². The van der Waals surface area contributed by atoms with Crippen LogP contribution in [0.1, 0.15) is 62.2 Å². The molecule has 0 bridgehead atoms. The van der Waals surface area contributed by atoms with Crippen LogP contribution < -0.4 is 15.1 Å². The fourth-order valence-electron chi connectivity index (χ4n) is 5.45. The van der Waals surface area contributed by atoms with Crippen LogP contribution in [0.25, 0.3) is 17.3 Å². The standard InChI is InChI=1S/C29H34N10O3/c1-18-8-7-13-37(18)24-14-19-20(22(34-24)15-30-28(41)42-29(2,3)4)16-38(27(19)40)23-10-6-9-21(33-23)26-35-31-17-39(26)25-11-12-32-36(25)5/h6,9-12,14,17-18H,7-8,13,15-16H2,1-5H3,(H,30,41). The van der Waals surface area contributed by atoms with Crippen LogP contribution in [0.4, 0.5) is 16.4 Å². The number of ether oxygens (including phenoxy) is 1. The molecule has 4 aromatic rings. The molecule has 2 aliphatic heterocycles. The molecular formula is C29H34N10O3. The van der Waals surface area contributed by atoms with Gasteiger partial charge in [-0.05, 0) is 58.7 Å². The van der Waals surface area contributed by atoms with Gasteiger partial charge in [0.05, 0.1) is 30.5 Å². The molecule has 13 nitrogen and oxygen atoms in total. The number of alkyl carbamates (subject to hydrolysis) is 1. The molecule has 2 amide bonds. The largest absolute Gasteiger partial charge is 0.444 e. The Morgan fingerprint density at radius 1 is 1.17 bits per heavy atom. The molecule has 218 valence electrons. The van der Waals surface area contributed by atoms with Gasteiger partial charge in [-0.3, -0.25) is 18.9 Å². The van der Waals surface area contributed by atoms with Crippen molar-refractivity contribution >= 4 is 23.6 Å². The predicted octanol–water partition coefficient (Wildman–Crippen LogP) is 3.63. The number of fused-ring (bicyclic) bond motifs is 1. The molecule has 6 heterocycles. The van der Waals surface area contributed by atoms with Gasteiger partial charge in [0.25, 0.3) is 5.91 Å². The summed E-state index contributed by atoms with van der Waals surface area (Å²) in [6, 6.07) is 9.52. The number of anilines is 2. The lowest BCUT2D eigenvalue weighted by atomic mass is 10.1. The minimum atomic E-state index is -0.628. The van der Waals surface area contributed by atoms with Gasteiger partial charge in [0.15, 0.2) is 5.82 Å². The van der Waals surface area contributed by atoms with Crippen molar-refractivity contribution in [2.24, 2.45) is 7.05 Å². The smallest absolute Gasteiger partial charge is 0.407 e. The van der Waals surface area contributed by atoms with Crippen LogP contribution in [-0.4, -0.2) is 64.7 Å². The van der Waals surface area contributed by atoms with Crippen molar-refractivity contribution < 1.29 is 14.3 Å². The van der Waals surface area contributed by atoms with Gasteiger partial charge < -0.3 is 15.0 Å². The summed E-state index contributed by atoms with van der Waals surface area (Å²) in [6.45, 7) is 8.88. The van der Waals surface area contributed by atoms with Crippen molar-refractivity contribution in [3.63, 3.8) is 0 Å². The van der Waals surface area contributed by atoms with Gasteiger partial charge >= 0.3 is 6.09 Å². The zero-order valence-corrected chi connectivity index (χ0v) is 24.4. The van der Waals surface area contributed by atoms with E-state index in [2.05, 4.69) is 32.4 Å². The van der Waals surface area contributed by atoms with Crippen LogP contribution in [0.3, 0.4) is 0 Å². The van der Waals surface area contributed by atoms with Gasteiger partial charge in [-0.1, -0.05) is 6.07 Å². The molecule has 0 aromatic carbocycles. The summed E-state index contributed by atoms with van der Waals surface area (Å²) in [4.78, 5) is 40.0. The van der Waals surface area contributed by atoms with E-state index >= 15 is 0 Å². The third-order valence-corrected chi connectivity index (χ3v) is 7.46. The summed E-state index contributed by atoms with van der Waals surface area (Å²) >= 11 is 0. The summed E-state index contributed by atoms with van der Waals surface area (Å²) in [5.74, 6) is 2.36. The molecule has 1 saturated heterocycles. The highest BCUT2D eigenvalue weighted by molar-refractivity contribution is 6.10. The monoisotopic (exact) mass is 570 g/mol. The van der Waals surface area contributed by atoms with E-state index in [4.69, 9.17) is 14.7 Å². The first kappa shape index (κ1) is 27.4. The Morgan fingerprint density at radius 3 is 2.71 bits per heavy atom. The molecule has 1 atom stereocenters. The third-order valence-electron chi connectivity index (χ3n) is 7.46. The Balaban J connectivity index is 1.33. The summed E-state index contributed by atoms with van der Waals surface area (Å²) in [5.41, 5.74) is 1.89. The van der Waals surface area contributed by atoms with Gasteiger partial charge in [-0.25, -0.2) is 14.8 Å². The Kier molecular flexibility index (Phi) is 6.87. The third kappa shape index (κ3) is 5.17. The molecule has 0 aliphatic carbocycles. The van der Waals surface area contributed by atoms with Crippen LogP contribution >= 0.6 is 0 Å². The molecule has 4 aromatic heterocycles. The minimum absolute atomic E-state index is 0.135. The number of aryl methyl sites for hydroxylation is 1. The maximum Gasteiger partial charge on any atom is 0.407 e. The number of hydrogen-bond donors (Lipinski definition) is 1. The van der Waals surface area contributed by atoms with E-state index in [0.29, 0.717) is 34.6 Å². The molecule has 42 heavy (non-hydrogen) atoms. The van der Waals surface area contributed by atoms with Crippen molar-refractivity contribution in [3.8, 4) is 17.3 Å². The van der Waals surface area contributed by atoms with E-state index < -0.39 is 11.7 Å². The molecule has 6 rings (SSSR count). The average Bonchev–Trinajstić information content (AvgIpc) is 3.74. The number of aromatic nitrogens is 7. The van der Waals surface area contributed by atoms with E-state index in [-0.39, 0.29) is 19.0 Å². The second-order valence-corrected chi connectivity index (χ2v) is 11.6. The number of nitrogens with zero attached hydrogens (tertiary/aromatic N) is 9. The van der Waals surface area contributed by atoms with Crippen LogP contribution in [0.2, 0.25) is 0 Å². The molecule has 0 spiro atoms. The molecule has 2 aliphatic rings. The Morgan fingerprint density at radius 2 is 2.00 bits per heavy atom. The highest BCUT2D eigenvalue weighted by Gasteiger charge is 2.35.